The van der Waals surface area contributed by atoms with Crippen molar-refractivity contribution in [2.45, 2.75) is 26.9 Å². The van der Waals surface area contributed by atoms with Gasteiger partial charge >= 0.3 is 11.5 Å². The van der Waals surface area contributed by atoms with Crippen LogP contribution in [0.25, 0.3) is 0 Å². The first-order valence-electron chi connectivity index (χ1n) is 7.02. The van der Waals surface area contributed by atoms with Crippen LogP contribution in [0.15, 0.2) is 12.3 Å². The van der Waals surface area contributed by atoms with Gasteiger partial charge in [-0.15, -0.1) is 0 Å². The van der Waals surface area contributed by atoms with Crippen LogP contribution < -0.4 is 5.32 Å². The van der Waals surface area contributed by atoms with Gasteiger partial charge in [-0.1, -0.05) is 0 Å². The molecule has 2 rings (SSSR count). The Labute approximate surface area is 135 Å². The molecule has 24 heavy (non-hydrogen) atoms. The van der Waals surface area contributed by atoms with Crippen LogP contribution in [-0.4, -0.2) is 41.9 Å². The lowest BCUT2D eigenvalue weighted by atomic mass is 10.3. The summed E-state index contributed by atoms with van der Waals surface area (Å²) in [5.74, 6) is -0.968. The summed E-state index contributed by atoms with van der Waals surface area (Å²) >= 11 is 0. The van der Waals surface area contributed by atoms with Crippen molar-refractivity contribution in [1.29, 1.82) is 0 Å². The Morgan fingerprint density at radius 3 is 2.54 bits per heavy atom. The maximum Gasteiger partial charge on any atom is 0.390 e. The minimum Gasteiger partial charge on any atom is -0.358 e. The van der Waals surface area contributed by atoms with Crippen LogP contribution in [0, 0.1) is 27.2 Å². The summed E-state index contributed by atoms with van der Waals surface area (Å²) in [6.45, 7) is 4.06. The fraction of sp³-hybridized carbons (Fsp3) is 0.417. The molecule has 12 nitrogen and oxygen atoms in total. The van der Waals surface area contributed by atoms with Gasteiger partial charge < -0.3 is 15.4 Å². The number of carbonyl (C=O) groups is 1. The van der Waals surface area contributed by atoms with Crippen LogP contribution in [0.5, 0.6) is 0 Å². The van der Waals surface area contributed by atoms with Gasteiger partial charge in [-0.3, -0.25) is 19.6 Å². The molecule has 0 aliphatic rings. The van der Waals surface area contributed by atoms with Gasteiger partial charge in [-0.2, -0.15) is 9.78 Å². The molecule has 0 fully saturated rings. The van der Waals surface area contributed by atoms with Crippen molar-refractivity contribution in [3.8, 4) is 0 Å². The van der Waals surface area contributed by atoms with E-state index in [1.54, 1.807) is 13.8 Å². The van der Waals surface area contributed by atoms with E-state index in [2.05, 4.69) is 15.5 Å². The molecule has 0 aromatic carbocycles. The Balaban J connectivity index is 2.02. The number of rotatable bonds is 7. The van der Waals surface area contributed by atoms with Crippen LogP contribution >= 0.6 is 0 Å². The smallest absolute Gasteiger partial charge is 0.358 e. The third kappa shape index (κ3) is 3.53. The molecular formula is C12H15N7O5. The highest BCUT2D eigenvalue weighted by Gasteiger charge is 2.25. The van der Waals surface area contributed by atoms with Gasteiger partial charge in [0.2, 0.25) is 5.69 Å². The highest BCUT2D eigenvalue weighted by molar-refractivity contribution is 5.95. The molecule has 0 unspecified atom stereocenters. The molecule has 0 aliphatic carbocycles. The normalized spacial score (nSPS) is 10.6. The van der Waals surface area contributed by atoms with Crippen molar-refractivity contribution in [3.05, 3.63) is 43.9 Å². The minimum absolute atomic E-state index is 0.0919. The minimum atomic E-state index is -0.687. The summed E-state index contributed by atoms with van der Waals surface area (Å²) in [5, 5.41) is 31.8. The maximum absolute atomic E-state index is 12.1. The summed E-state index contributed by atoms with van der Waals surface area (Å²) in [4.78, 5) is 32.4. The molecule has 12 heteroatoms. The summed E-state index contributed by atoms with van der Waals surface area (Å²) in [6, 6.07) is 1.32. The standard InChI is InChI=1S/C12H15N7O5/c1-3-16-7-9(18(21)22)11(15-16)12(20)13-4-5-17-8(2)6-10(14-17)19(23)24/h6-7H,3-5H2,1-2H3,(H,13,20). The Morgan fingerprint density at radius 2 is 2.00 bits per heavy atom. The van der Waals surface area contributed by atoms with Gasteiger partial charge in [-0.05, 0) is 18.8 Å². The van der Waals surface area contributed by atoms with Gasteiger partial charge in [0.25, 0.3) is 5.91 Å². The van der Waals surface area contributed by atoms with Crippen molar-refractivity contribution in [3.63, 3.8) is 0 Å². The molecule has 2 aromatic heterocycles. The Hall–Kier alpha value is -3.31. The summed E-state index contributed by atoms with van der Waals surface area (Å²) in [7, 11) is 0. The second-order valence-corrected chi connectivity index (χ2v) is 4.86. The van der Waals surface area contributed by atoms with Gasteiger partial charge in [-0.25, -0.2) is 0 Å². The zero-order valence-corrected chi connectivity index (χ0v) is 13.0. The number of aryl methyl sites for hydroxylation is 2. The van der Waals surface area contributed by atoms with Crippen molar-refractivity contribution in [2.75, 3.05) is 6.54 Å². The van der Waals surface area contributed by atoms with E-state index in [1.807, 2.05) is 0 Å². The lowest BCUT2D eigenvalue weighted by Gasteiger charge is -2.02. The van der Waals surface area contributed by atoms with Crippen LogP contribution in [0.1, 0.15) is 23.1 Å². The first kappa shape index (κ1) is 17.1. The molecule has 1 N–H and O–H groups in total. The predicted octanol–water partition coefficient (Wildman–Crippen LogP) is 0.654. The number of nitro groups is 2. The second-order valence-electron chi connectivity index (χ2n) is 4.86. The molecule has 2 aromatic rings. The number of nitrogens with one attached hydrogen (secondary N) is 1. The van der Waals surface area contributed by atoms with Crippen molar-refractivity contribution in [1.82, 2.24) is 24.9 Å². The van der Waals surface area contributed by atoms with E-state index < -0.39 is 15.8 Å². The van der Waals surface area contributed by atoms with Crippen LogP contribution in [0.3, 0.4) is 0 Å². The van der Waals surface area contributed by atoms with Gasteiger partial charge in [0.15, 0.2) is 0 Å². The summed E-state index contributed by atoms with van der Waals surface area (Å²) in [5.41, 5.74) is -0.0811. The number of amides is 1. The molecule has 1 amide bonds. The van der Waals surface area contributed by atoms with E-state index in [0.717, 1.165) is 0 Å². The third-order valence-electron chi connectivity index (χ3n) is 3.24. The molecule has 0 atom stereocenters. The van der Waals surface area contributed by atoms with Crippen molar-refractivity contribution in [2.24, 2.45) is 0 Å². The van der Waals surface area contributed by atoms with Crippen LogP contribution in [-0.2, 0) is 13.1 Å². The lowest BCUT2D eigenvalue weighted by molar-refractivity contribution is -0.389. The van der Waals surface area contributed by atoms with Gasteiger partial charge in [0.05, 0.1) is 28.3 Å². The topological polar surface area (TPSA) is 151 Å². The lowest BCUT2D eigenvalue weighted by Crippen LogP contribution is -2.28. The molecule has 0 spiro atoms. The average molecular weight is 337 g/mol. The highest BCUT2D eigenvalue weighted by atomic mass is 16.6. The quantitative estimate of drug-likeness (QED) is 0.575. The molecule has 2 heterocycles. The van der Waals surface area contributed by atoms with Crippen molar-refractivity contribution >= 4 is 17.4 Å². The van der Waals surface area contributed by atoms with Crippen LogP contribution in [0.4, 0.5) is 11.5 Å². The van der Waals surface area contributed by atoms with E-state index in [1.165, 1.54) is 21.6 Å². The zero-order valence-electron chi connectivity index (χ0n) is 13.0. The largest absolute Gasteiger partial charge is 0.390 e. The van der Waals surface area contributed by atoms with E-state index in [-0.39, 0.29) is 30.3 Å². The summed E-state index contributed by atoms with van der Waals surface area (Å²) in [6.07, 6.45) is 1.19. The van der Waals surface area contributed by atoms with E-state index in [4.69, 9.17) is 0 Å². The predicted molar refractivity (Wildman–Crippen MR) is 80.5 cm³/mol. The van der Waals surface area contributed by atoms with E-state index in [0.29, 0.717) is 12.2 Å². The molecule has 0 saturated carbocycles. The first-order valence-corrected chi connectivity index (χ1v) is 7.02. The van der Waals surface area contributed by atoms with E-state index in [9.17, 15) is 25.0 Å². The molecule has 128 valence electrons. The Kier molecular flexibility index (Phi) is 4.87. The third-order valence-corrected chi connectivity index (χ3v) is 3.24. The average Bonchev–Trinajstić information content (AvgIpc) is 3.11. The number of aromatic nitrogens is 4. The summed E-state index contributed by atoms with van der Waals surface area (Å²) < 4.78 is 2.67. The number of nitrogens with zero attached hydrogens (tertiary/aromatic N) is 6. The van der Waals surface area contributed by atoms with E-state index >= 15 is 0 Å². The highest BCUT2D eigenvalue weighted by Crippen LogP contribution is 2.16. The van der Waals surface area contributed by atoms with Crippen molar-refractivity contribution < 1.29 is 14.6 Å². The fourth-order valence-corrected chi connectivity index (χ4v) is 2.04. The molecular weight excluding hydrogens is 322 g/mol. The Bertz CT molecular complexity index is 794. The Morgan fingerprint density at radius 1 is 1.29 bits per heavy atom. The SMILES string of the molecule is CCn1cc([N+](=O)[O-])c(C(=O)NCCn2nc([N+](=O)[O-])cc2C)n1. The van der Waals surface area contributed by atoms with Crippen LogP contribution in [0.2, 0.25) is 0 Å². The molecule has 0 radical (unpaired) electrons. The molecule has 0 bridgehead atoms. The fourth-order valence-electron chi connectivity index (χ4n) is 2.04. The molecule has 0 saturated heterocycles. The van der Waals surface area contributed by atoms with Gasteiger partial charge in [0, 0.05) is 13.1 Å². The zero-order chi connectivity index (χ0) is 17.9. The second kappa shape index (κ2) is 6.85. The number of hydrogen-bond donors (Lipinski definition) is 1. The maximum atomic E-state index is 12.1. The monoisotopic (exact) mass is 337 g/mol. The molecule has 0 aliphatic heterocycles. The van der Waals surface area contributed by atoms with Gasteiger partial charge in [0.1, 0.15) is 6.20 Å². The number of carbonyl (C=O) groups excluding carboxylic acids is 1. The number of hydrogen-bond acceptors (Lipinski definition) is 7. The first-order chi connectivity index (χ1) is 11.3.